The van der Waals surface area contributed by atoms with E-state index in [0.717, 1.165) is 30.4 Å². The number of thioether (sulfide) groups is 1. The van der Waals surface area contributed by atoms with E-state index < -0.39 is 23.8 Å². The van der Waals surface area contributed by atoms with Crippen LogP contribution in [0.25, 0.3) is 0 Å². The van der Waals surface area contributed by atoms with E-state index in [0.29, 0.717) is 25.1 Å². The lowest BCUT2D eigenvalue weighted by Crippen LogP contribution is -2.55. The molecule has 3 unspecified atom stereocenters. The number of carbonyl (C=O) groups excluding carboxylic acids is 3. The number of hydrogen-bond donors (Lipinski definition) is 2. The van der Waals surface area contributed by atoms with Crippen molar-refractivity contribution in [3.05, 3.63) is 35.4 Å². The van der Waals surface area contributed by atoms with Crippen molar-refractivity contribution >= 4 is 29.7 Å². The van der Waals surface area contributed by atoms with E-state index in [4.69, 9.17) is 4.74 Å². The summed E-state index contributed by atoms with van der Waals surface area (Å²) in [6.45, 7) is 13.9. The third-order valence-electron chi connectivity index (χ3n) is 5.88. The van der Waals surface area contributed by atoms with E-state index in [1.54, 1.807) is 37.4 Å². The van der Waals surface area contributed by atoms with Crippen LogP contribution in [-0.2, 0) is 14.3 Å². The minimum Gasteiger partial charge on any atom is -0.444 e. The molecule has 0 spiro atoms. The first kappa shape index (κ1) is 31.8. The van der Waals surface area contributed by atoms with Gasteiger partial charge in [0.05, 0.1) is 0 Å². The highest BCUT2D eigenvalue weighted by atomic mass is 32.2. The number of unbranched alkanes of at least 4 members (excludes halogenated alkanes) is 2. The van der Waals surface area contributed by atoms with Crippen molar-refractivity contribution in [2.45, 2.75) is 104 Å². The number of carbonyl (C=O) groups is 3. The average Bonchev–Trinajstić information content (AvgIpc) is 2.80. The first-order chi connectivity index (χ1) is 16.9. The van der Waals surface area contributed by atoms with Gasteiger partial charge in [0.15, 0.2) is 0 Å². The number of hydrogen-bond acceptors (Lipinski definition) is 5. The van der Waals surface area contributed by atoms with Gasteiger partial charge in [0.2, 0.25) is 11.8 Å². The number of alkyl carbamates (subject to hydrolysis) is 1. The lowest BCUT2D eigenvalue weighted by molar-refractivity contribution is -0.145. The van der Waals surface area contributed by atoms with E-state index in [1.807, 2.05) is 51.3 Å². The summed E-state index contributed by atoms with van der Waals surface area (Å²) in [5, 5.41) is 5.84. The number of ether oxygens (including phenoxy) is 1. The minimum absolute atomic E-state index is 0.203. The van der Waals surface area contributed by atoms with Crippen LogP contribution < -0.4 is 10.6 Å². The zero-order valence-electron chi connectivity index (χ0n) is 23.5. The van der Waals surface area contributed by atoms with Crippen molar-refractivity contribution in [2.75, 3.05) is 18.6 Å². The van der Waals surface area contributed by atoms with Gasteiger partial charge in [-0.3, -0.25) is 9.59 Å². The van der Waals surface area contributed by atoms with Gasteiger partial charge in [0, 0.05) is 12.6 Å². The fraction of sp³-hybridized carbons (Fsp3) is 0.679. The van der Waals surface area contributed by atoms with Crippen LogP contribution in [0.3, 0.4) is 0 Å². The van der Waals surface area contributed by atoms with Gasteiger partial charge in [0.1, 0.15) is 17.7 Å². The second-order valence-electron chi connectivity index (χ2n) is 10.3. The van der Waals surface area contributed by atoms with E-state index in [9.17, 15) is 14.4 Å². The summed E-state index contributed by atoms with van der Waals surface area (Å²) in [6, 6.07) is 5.90. The van der Waals surface area contributed by atoms with Gasteiger partial charge in [-0.2, -0.15) is 11.8 Å². The Balaban J connectivity index is 3.42. The molecule has 0 radical (unpaired) electrons. The molecule has 0 aliphatic heterocycles. The van der Waals surface area contributed by atoms with E-state index >= 15 is 0 Å². The van der Waals surface area contributed by atoms with Gasteiger partial charge in [-0.1, -0.05) is 56.5 Å². The number of nitrogens with zero attached hydrogens (tertiary/aromatic N) is 1. The zero-order chi connectivity index (χ0) is 27.3. The van der Waals surface area contributed by atoms with Gasteiger partial charge in [0.25, 0.3) is 0 Å². The Morgan fingerprint density at radius 1 is 1.14 bits per heavy atom. The highest BCUT2D eigenvalue weighted by Gasteiger charge is 2.38. The molecule has 0 saturated heterocycles. The molecule has 1 rings (SSSR count). The first-order valence-electron chi connectivity index (χ1n) is 13.1. The molecule has 1 aromatic rings. The maximum Gasteiger partial charge on any atom is 0.408 e. The molecular weight excluding hydrogens is 474 g/mol. The molecule has 36 heavy (non-hydrogen) atoms. The molecule has 0 aliphatic carbocycles. The number of benzene rings is 1. The Hall–Kier alpha value is -2.22. The number of nitrogens with one attached hydrogen (secondary N) is 2. The molecule has 2 N–H and O–H groups in total. The Bertz CT molecular complexity index is 840. The van der Waals surface area contributed by atoms with Crippen molar-refractivity contribution in [2.24, 2.45) is 0 Å². The standard InChI is InChI=1S/C28H47N3O4S/c1-9-11-12-17-29-25(32)24(22-15-13-14-20(3)19-22)31(21(4)10-2)26(33)23(16-18-36-8)30-27(34)35-28(5,6)7/h13-15,19,21,23-24H,9-12,16-18H2,1-8H3,(H,29,32)(H,30,34). The van der Waals surface area contributed by atoms with Crippen LogP contribution in [0.15, 0.2) is 24.3 Å². The Morgan fingerprint density at radius 2 is 1.83 bits per heavy atom. The molecule has 204 valence electrons. The largest absolute Gasteiger partial charge is 0.444 e. The third-order valence-corrected chi connectivity index (χ3v) is 6.53. The molecule has 0 heterocycles. The molecule has 3 atom stereocenters. The predicted octanol–water partition coefficient (Wildman–Crippen LogP) is 5.62. The molecule has 0 saturated carbocycles. The fourth-order valence-corrected chi connectivity index (χ4v) is 4.35. The lowest BCUT2D eigenvalue weighted by atomic mass is 9.98. The second-order valence-corrected chi connectivity index (χ2v) is 11.3. The summed E-state index contributed by atoms with van der Waals surface area (Å²) in [7, 11) is 0. The average molecular weight is 522 g/mol. The summed E-state index contributed by atoms with van der Waals surface area (Å²) >= 11 is 1.60. The molecule has 0 aromatic heterocycles. The summed E-state index contributed by atoms with van der Waals surface area (Å²) in [5.41, 5.74) is 1.09. The molecule has 0 aliphatic rings. The summed E-state index contributed by atoms with van der Waals surface area (Å²) in [4.78, 5) is 42.0. The zero-order valence-corrected chi connectivity index (χ0v) is 24.3. The smallest absolute Gasteiger partial charge is 0.408 e. The molecule has 0 bridgehead atoms. The van der Waals surface area contributed by atoms with Gasteiger partial charge >= 0.3 is 6.09 Å². The van der Waals surface area contributed by atoms with Gasteiger partial charge < -0.3 is 20.3 Å². The van der Waals surface area contributed by atoms with Crippen LogP contribution in [-0.4, -0.2) is 59.0 Å². The lowest BCUT2D eigenvalue weighted by Gasteiger charge is -2.38. The predicted molar refractivity (Wildman–Crippen MR) is 149 cm³/mol. The topological polar surface area (TPSA) is 87.7 Å². The van der Waals surface area contributed by atoms with Crippen LogP contribution in [0.2, 0.25) is 0 Å². The molecule has 1 aromatic carbocycles. The maximum absolute atomic E-state index is 14.1. The fourth-order valence-electron chi connectivity index (χ4n) is 3.88. The van der Waals surface area contributed by atoms with Crippen molar-refractivity contribution < 1.29 is 19.1 Å². The Kier molecular flexibility index (Phi) is 14.0. The van der Waals surface area contributed by atoms with Gasteiger partial charge in [-0.15, -0.1) is 0 Å². The van der Waals surface area contributed by atoms with E-state index in [2.05, 4.69) is 17.6 Å². The number of amides is 3. The molecule has 0 fully saturated rings. The van der Waals surface area contributed by atoms with Crippen molar-refractivity contribution in [3.63, 3.8) is 0 Å². The Labute approximate surface area is 222 Å². The highest BCUT2D eigenvalue weighted by Crippen LogP contribution is 2.27. The van der Waals surface area contributed by atoms with Crippen molar-refractivity contribution in [1.82, 2.24) is 15.5 Å². The van der Waals surface area contributed by atoms with Gasteiger partial charge in [-0.25, -0.2) is 4.79 Å². The normalized spacial score (nSPS) is 13.9. The van der Waals surface area contributed by atoms with Gasteiger partial charge in [-0.05, 0) is 71.5 Å². The second kappa shape index (κ2) is 15.8. The van der Waals surface area contributed by atoms with Crippen molar-refractivity contribution in [1.29, 1.82) is 0 Å². The summed E-state index contributed by atoms with van der Waals surface area (Å²) < 4.78 is 5.44. The number of rotatable bonds is 14. The van der Waals surface area contributed by atoms with E-state index in [-0.39, 0.29) is 17.9 Å². The maximum atomic E-state index is 14.1. The van der Waals surface area contributed by atoms with Crippen LogP contribution in [0.4, 0.5) is 4.79 Å². The molecule has 8 heteroatoms. The molecule has 3 amide bonds. The van der Waals surface area contributed by atoms with Crippen LogP contribution in [0.1, 0.15) is 90.8 Å². The van der Waals surface area contributed by atoms with Crippen LogP contribution >= 0.6 is 11.8 Å². The molecular formula is C28H47N3O4S. The quantitative estimate of drug-likeness (QED) is 0.311. The third kappa shape index (κ3) is 10.8. The van der Waals surface area contributed by atoms with Crippen molar-refractivity contribution in [3.8, 4) is 0 Å². The van der Waals surface area contributed by atoms with Crippen LogP contribution in [0, 0.1) is 6.92 Å². The SMILES string of the molecule is CCCCCNC(=O)C(c1cccc(C)c1)N(C(=O)C(CCSC)NC(=O)OC(C)(C)C)C(C)CC. The highest BCUT2D eigenvalue weighted by molar-refractivity contribution is 7.98. The number of aryl methyl sites for hydroxylation is 1. The summed E-state index contributed by atoms with van der Waals surface area (Å²) in [5.74, 6) is 0.199. The monoisotopic (exact) mass is 521 g/mol. The minimum atomic E-state index is -0.804. The van der Waals surface area contributed by atoms with E-state index in [1.165, 1.54) is 0 Å². The van der Waals surface area contributed by atoms with Crippen LogP contribution in [0.5, 0.6) is 0 Å². The summed E-state index contributed by atoms with van der Waals surface area (Å²) in [6.07, 6.45) is 5.39. The molecule has 7 nitrogen and oxygen atoms in total. The Morgan fingerprint density at radius 3 is 2.39 bits per heavy atom. The first-order valence-corrected chi connectivity index (χ1v) is 14.5.